The van der Waals surface area contributed by atoms with Crippen molar-refractivity contribution in [2.24, 2.45) is 0 Å². The molecule has 0 amide bonds. The van der Waals surface area contributed by atoms with E-state index in [2.05, 4.69) is 15.1 Å². The van der Waals surface area contributed by atoms with E-state index >= 15 is 0 Å². The van der Waals surface area contributed by atoms with Crippen LogP contribution in [0.5, 0.6) is 0 Å². The molecule has 5 nitrogen and oxygen atoms in total. The van der Waals surface area contributed by atoms with E-state index in [9.17, 15) is 4.21 Å². The number of fused-ring (bicyclic) bond motifs is 1. The molecule has 2 aromatic heterocycles. The number of nitrogens with zero attached hydrogens (tertiary/aromatic N) is 4. The monoisotopic (exact) mass is 224 g/mol. The highest BCUT2D eigenvalue weighted by atomic mass is 32.2. The van der Waals surface area contributed by atoms with Crippen LogP contribution >= 0.6 is 0 Å². The van der Waals surface area contributed by atoms with Crippen LogP contribution in [0.2, 0.25) is 0 Å². The van der Waals surface area contributed by atoms with Crippen LogP contribution in [0.4, 0.5) is 0 Å². The molecule has 0 aliphatic rings. The van der Waals surface area contributed by atoms with Gasteiger partial charge in [-0.3, -0.25) is 4.21 Å². The second-order valence-corrected chi connectivity index (χ2v) is 4.88. The summed E-state index contributed by atoms with van der Waals surface area (Å²) in [6, 6.07) is 0. The van der Waals surface area contributed by atoms with E-state index in [1.807, 2.05) is 13.8 Å². The van der Waals surface area contributed by atoms with Crippen LogP contribution in [0.25, 0.3) is 5.52 Å². The summed E-state index contributed by atoms with van der Waals surface area (Å²) in [7, 11) is -1.16. The number of aromatic nitrogens is 4. The highest BCUT2D eigenvalue weighted by molar-refractivity contribution is 7.84. The zero-order valence-electron chi connectivity index (χ0n) is 8.84. The average molecular weight is 224 g/mol. The fourth-order valence-corrected chi connectivity index (χ4v) is 1.73. The lowest BCUT2D eigenvalue weighted by molar-refractivity contribution is 0.657. The lowest BCUT2D eigenvalue weighted by Crippen LogP contribution is -2.06. The summed E-state index contributed by atoms with van der Waals surface area (Å²) < 4.78 is 12.9. The van der Waals surface area contributed by atoms with E-state index in [1.165, 1.54) is 0 Å². The van der Waals surface area contributed by atoms with Crippen LogP contribution in [0.3, 0.4) is 0 Å². The Kier molecular flexibility index (Phi) is 2.52. The van der Waals surface area contributed by atoms with Gasteiger partial charge in [0.2, 0.25) is 5.16 Å². The third kappa shape index (κ3) is 1.77. The molecule has 2 heterocycles. The Morgan fingerprint density at radius 2 is 2.00 bits per heavy atom. The zero-order valence-corrected chi connectivity index (χ0v) is 9.65. The molecule has 0 aromatic carbocycles. The Hall–Kier alpha value is -1.30. The van der Waals surface area contributed by atoms with Gasteiger partial charge in [0, 0.05) is 12.2 Å². The molecule has 2 aromatic rings. The van der Waals surface area contributed by atoms with E-state index in [1.54, 1.807) is 23.2 Å². The van der Waals surface area contributed by atoms with Gasteiger partial charge in [-0.15, -0.1) is 5.10 Å². The molecule has 6 heteroatoms. The quantitative estimate of drug-likeness (QED) is 0.763. The Morgan fingerprint density at radius 3 is 2.60 bits per heavy atom. The third-order valence-corrected chi connectivity index (χ3v) is 2.76. The number of hydrogen-bond acceptors (Lipinski definition) is 4. The number of rotatable bonds is 2. The van der Waals surface area contributed by atoms with Gasteiger partial charge in [-0.1, -0.05) is 13.8 Å². The SMILES string of the molecule is CC(C)c1ncc2cnc(S(C)=O)nn12. The minimum absolute atomic E-state index is 0.278. The normalized spacial score (nSPS) is 13.6. The van der Waals surface area contributed by atoms with Gasteiger partial charge in [0.25, 0.3) is 0 Å². The summed E-state index contributed by atoms with van der Waals surface area (Å²) in [4.78, 5) is 8.26. The number of hydrogen-bond donors (Lipinski definition) is 0. The zero-order chi connectivity index (χ0) is 11.0. The number of imidazole rings is 1. The molecular weight excluding hydrogens is 212 g/mol. The molecule has 0 saturated heterocycles. The molecular formula is C9H12N4OS. The lowest BCUT2D eigenvalue weighted by Gasteiger charge is -2.03. The van der Waals surface area contributed by atoms with E-state index in [-0.39, 0.29) is 5.92 Å². The summed E-state index contributed by atoms with van der Waals surface area (Å²) in [5.41, 5.74) is 0.827. The highest BCUT2D eigenvalue weighted by Crippen LogP contribution is 2.13. The van der Waals surface area contributed by atoms with Gasteiger partial charge in [0.1, 0.15) is 11.3 Å². The fourth-order valence-electron chi connectivity index (χ4n) is 1.33. The molecule has 15 heavy (non-hydrogen) atoms. The lowest BCUT2D eigenvalue weighted by atomic mass is 10.2. The molecule has 0 radical (unpaired) electrons. The molecule has 0 aliphatic carbocycles. The van der Waals surface area contributed by atoms with E-state index in [0.29, 0.717) is 5.16 Å². The van der Waals surface area contributed by atoms with Crippen molar-refractivity contribution in [2.45, 2.75) is 24.9 Å². The van der Waals surface area contributed by atoms with E-state index in [0.717, 1.165) is 11.3 Å². The maximum absolute atomic E-state index is 11.2. The largest absolute Gasteiger partial charge is 0.251 e. The van der Waals surface area contributed by atoms with Crippen LogP contribution in [0.1, 0.15) is 25.6 Å². The minimum atomic E-state index is -1.16. The van der Waals surface area contributed by atoms with Crippen molar-refractivity contribution in [3.05, 3.63) is 18.2 Å². The summed E-state index contributed by atoms with van der Waals surface area (Å²) >= 11 is 0. The van der Waals surface area contributed by atoms with Crippen molar-refractivity contribution in [1.29, 1.82) is 0 Å². The van der Waals surface area contributed by atoms with Crippen LogP contribution < -0.4 is 0 Å². The van der Waals surface area contributed by atoms with Crippen molar-refractivity contribution in [3.8, 4) is 0 Å². The maximum Gasteiger partial charge on any atom is 0.237 e. The van der Waals surface area contributed by atoms with Gasteiger partial charge in [0.05, 0.1) is 23.2 Å². The maximum atomic E-state index is 11.2. The van der Waals surface area contributed by atoms with Crippen molar-refractivity contribution in [3.63, 3.8) is 0 Å². The second kappa shape index (κ2) is 3.69. The average Bonchev–Trinajstić information content (AvgIpc) is 2.59. The van der Waals surface area contributed by atoms with E-state index < -0.39 is 10.8 Å². The van der Waals surface area contributed by atoms with Crippen LogP contribution in [-0.4, -0.2) is 30.0 Å². The standard InChI is InChI=1S/C9H12N4OS/c1-6(2)8-10-4-7-5-11-9(15(3)14)12-13(7)8/h4-6H,1-3H3. The van der Waals surface area contributed by atoms with Crippen molar-refractivity contribution in [2.75, 3.05) is 6.26 Å². The first-order chi connectivity index (χ1) is 7.09. The Balaban J connectivity index is 2.66. The van der Waals surface area contributed by atoms with Crippen molar-refractivity contribution >= 4 is 16.3 Å². The molecule has 0 spiro atoms. The molecule has 0 N–H and O–H groups in total. The molecule has 0 bridgehead atoms. The predicted molar refractivity (Wildman–Crippen MR) is 57.2 cm³/mol. The van der Waals surface area contributed by atoms with Gasteiger partial charge >= 0.3 is 0 Å². The molecule has 80 valence electrons. The first kappa shape index (κ1) is 10.2. The van der Waals surface area contributed by atoms with Gasteiger partial charge in [-0.2, -0.15) is 0 Å². The minimum Gasteiger partial charge on any atom is -0.251 e. The first-order valence-electron chi connectivity index (χ1n) is 4.63. The van der Waals surface area contributed by atoms with Crippen LogP contribution in [0.15, 0.2) is 17.6 Å². The van der Waals surface area contributed by atoms with Crippen molar-refractivity contribution < 1.29 is 4.21 Å². The van der Waals surface area contributed by atoms with Crippen molar-refractivity contribution in [1.82, 2.24) is 19.6 Å². The highest BCUT2D eigenvalue weighted by Gasteiger charge is 2.10. The van der Waals surface area contributed by atoms with Gasteiger partial charge in [-0.25, -0.2) is 14.5 Å². The Bertz CT molecular complexity index is 520. The molecule has 0 saturated carbocycles. The van der Waals surface area contributed by atoms with Crippen LogP contribution in [-0.2, 0) is 10.8 Å². The van der Waals surface area contributed by atoms with Gasteiger partial charge < -0.3 is 0 Å². The second-order valence-electron chi connectivity index (χ2n) is 3.60. The van der Waals surface area contributed by atoms with Crippen LogP contribution in [0, 0.1) is 0 Å². The van der Waals surface area contributed by atoms with Gasteiger partial charge in [0.15, 0.2) is 0 Å². The Morgan fingerprint density at radius 1 is 1.33 bits per heavy atom. The first-order valence-corrected chi connectivity index (χ1v) is 6.19. The smallest absolute Gasteiger partial charge is 0.237 e. The fraction of sp³-hybridized carbons (Fsp3) is 0.444. The summed E-state index contributed by atoms with van der Waals surface area (Å²) in [5.74, 6) is 1.14. The third-order valence-electron chi connectivity index (χ3n) is 2.06. The molecule has 0 aliphatic heterocycles. The Labute approximate surface area is 90.0 Å². The summed E-state index contributed by atoms with van der Waals surface area (Å²) in [6.45, 7) is 4.08. The molecule has 0 fully saturated rings. The molecule has 2 rings (SSSR count). The summed E-state index contributed by atoms with van der Waals surface area (Å²) in [5, 5.41) is 4.53. The summed E-state index contributed by atoms with van der Waals surface area (Å²) in [6.07, 6.45) is 4.92. The van der Waals surface area contributed by atoms with Gasteiger partial charge in [-0.05, 0) is 0 Å². The predicted octanol–water partition coefficient (Wildman–Crippen LogP) is 0.985. The molecule has 1 atom stereocenters. The topological polar surface area (TPSA) is 60.2 Å². The molecule has 1 unspecified atom stereocenters. The van der Waals surface area contributed by atoms with E-state index in [4.69, 9.17) is 0 Å².